The van der Waals surface area contributed by atoms with E-state index < -0.39 is 16.1 Å². The minimum absolute atomic E-state index is 0.0102. The molecule has 0 unspecified atom stereocenters. The Labute approximate surface area is 159 Å². The molecule has 7 heteroatoms. The smallest absolute Gasteiger partial charge is 0.245 e. The molecule has 0 aromatic heterocycles. The van der Waals surface area contributed by atoms with Gasteiger partial charge in [0.15, 0.2) is 0 Å². The van der Waals surface area contributed by atoms with Crippen LogP contribution in [-0.2, 0) is 14.8 Å². The van der Waals surface area contributed by atoms with Gasteiger partial charge >= 0.3 is 0 Å². The highest BCUT2D eigenvalue weighted by molar-refractivity contribution is 7.89. The van der Waals surface area contributed by atoms with Crippen molar-refractivity contribution in [1.29, 1.82) is 0 Å². The molecule has 6 nitrogen and oxygen atoms in total. The quantitative estimate of drug-likeness (QED) is 0.792. The van der Waals surface area contributed by atoms with Crippen molar-refractivity contribution in [2.45, 2.75) is 25.4 Å². The zero-order chi connectivity index (χ0) is 19.2. The molecule has 0 radical (unpaired) electrons. The Morgan fingerprint density at radius 1 is 1.11 bits per heavy atom. The third-order valence-corrected chi connectivity index (χ3v) is 7.24. The zero-order valence-corrected chi connectivity index (χ0v) is 16.1. The molecule has 2 fully saturated rings. The van der Waals surface area contributed by atoms with E-state index in [-0.39, 0.29) is 17.7 Å². The van der Waals surface area contributed by atoms with Crippen LogP contribution in [0.5, 0.6) is 5.75 Å². The lowest BCUT2D eigenvalue weighted by Crippen LogP contribution is -2.52. The SMILES string of the molecule is CCS(=O)(=O)N1C[C@@H]2C[C@H]1C(=O)N2c1cc(-c2ccccc2)ccc1OC. The highest BCUT2D eigenvalue weighted by Crippen LogP contribution is 2.42. The number of ether oxygens (including phenoxy) is 1. The average molecular weight is 386 g/mol. The van der Waals surface area contributed by atoms with E-state index in [1.807, 2.05) is 48.5 Å². The maximum Gasteiger partial charge on any atom is 0.245 e. The summed E-state index contributed by atoms with van der Waals surface area (Å²) in [5.41, 5.74) is 2.73. The van der Waals surface area contributed by atoms with Crippen LogP contribution in [0.2, 0.25) is 0 Å². The first-order valence-electron chi connectivity index (χ1n) is 9.02. The van der Waals surface area contributed by atoms with Crippen molar-refractivity contribution >= 4 is 21.6 Å². The fourth-order valence-electron chi connectivity index (χ4n) is 4.01. The van der Waals surface area contributed by atoms with Crippen molar-refractivity contribution in [3.05, 3.63) is 48.5 Å². The van der Waals surface area contributed by atoms with Crippen LogP contribution in [0.25, 0.3) is 11.1 Å². The minimum Gasteiger partial charge on any atom is -0.495 e. The molecule has 1 amide bonds. The molecule has 2 aliphatic heterocycles. The van der Waals surface area contributed by atoms with Crippen LogP contribution < -0.4 is 9.64 Å². The van der Waals surface area contributed by atoms with Crippen molar-refractivity contribution < 1.29 is 17.9 Å². The summed E-state index contributed by atoms with van der Waals surface area (Å²) < 4.78 is 31.4. The average Bonchev–Trinajstić information content (AvgIpc) is 3.27. The summed E-state index contributed by atoms with van der Waals surface area (Å²) >= 11 is 0. The van der Waals surface area contributed by atoms with Gasteiger partial charge in [0.05, 0.1) is 24.6 Å². The summed E-state index contributed by atoms with van der Waals surface area (Å²) in [6.07, 6.45) is 0.525. The first kappa shape index (κ1) is 18.0. The van der Waals surface area contributed by atoms with Crippen molar-refractivity contribution in [2.24, 2.45) is 0 Å². The number of hydrogen-bond donors (Lipinski definition) is 0. The number of carbonyl (C=O) groups excluding carboxylic acids is 1. The Morgan fingerprint density at radius 3 is 2.48 bits per heavy atom. The number of amides is 1. The second kappa shape index (κ2) is 6.65. The Balaban J connectivity index is 1.72. The van der Waals surface area contributed by atoms with Crippen molar-refractivity contribution in [3.8, 4) is 16.9 Å². The Kier molecular flexibility index (Phi) is 4.44. The summed E-state index contributed by atoms with van der Waals surface area (Å²) in [4.78, 5) is 14.7. The molecule has 2 aromatic carbocycles. The van der Waals surface area contributed by atoms with Crippen molar-refractivity contribution in [1.82, 2.24) is 4.31 Å². The van der Waals surface area contributed by atoms with Gasteiger partial charge in [0.25, 0.3) is 0 Å². The topological polar surface area (TPSA) is 66.9 Å². The molecule has 2 heterocycles. The van der Waals surface area contributed by atoms with Gasteiger partial charge in [0.1, 0.15) is 11.8 Å². The van der Waals surface area contributed by atoms with Gasteiger partial charge in [-0.3, -0.25) is 4.79 Å². The van der Waals surface area contributed by atoms with Gasteiger partial charge in [-0.15, -0.1) is 0 Å². The number of nitrogens with zero attached hydrogens (tertiary/aromatic N) is 2. The number of fused-ring (bicyclic) bond motifs is 2. The molecule has 27 heavy (non-hydrogen) atoms. The third-order valence-electron chi connectivity index (χ3n) is 5.39. The van der Waals surface area contributed by atoms with Crippen LogP contribution in [0.15, 0.2) is 48.5 Å². The maximum atomic E-state index is 13.0. The highest BCUT2D eigenvalue weighted by atomic mass is 32.2. The van der Waals surface area contributed by atoms with Gasteiger partial charge in [0.2, 0.25) is 15.9 Å². The summed E-state index contributed by atoms with van der Waals surface area (Å²) in [6.45, 7) is 1.95. The predicted octanol–water partition coefficient (Wildman–Crippen LogP) is 2.50. The normalized spacial score (nSPS) is 22.4. The van der Waals surface area contributed by atoms with E-state index in [4.69, 9.17) is 4.74 Å². The number of sulfonamides is 1. The first-order chi connectivity index (χ1) is 13.0. The highest BCUT2D eigenvalue weighted by Gasteiger charge is 2.54. The number of piperazine rings is 1. The van der Waals surface area contributed by atoms with Crippen molar-refractivity contribution in [3.63, 3.8) is 0 Å². The first-order valence-corrected chi connectivity index (χ1v) is 10.6. The molecule has 0 spiro atoms. The second-order valence-corrected chi connectivity index (χ2v) is 9.05. The number of anilines is 1. The van der Waals surface area contributed by atoms with Crippen LogP contribution in [0.3, 0.4) is 0 Å². The minimum atomic E-state index is -3.38. The Morgan fingerprint density at radius 2 is 1.85 bits per heavy atom. The van der Waals surface area contributed by atoms with Crippen LogP contribution >= 0.6 is 0 Å². The molecule has 0 saturated carbocycles. The predicted molar refractivity (Wildman–Crippen MR) is 104 cm³/mol. The van der Waals surface area contributed by atoms with E-state index in [0.29, 0.717) is 24.4 Å². The lowest BCUT2D eigenvalue weighted by molar-refractivity contribution is -0.121. The standard InChI is InChI=1S/C20H22N2O4S/c1-3-27(24,25)21-13-16-12-18(21)20(23)22(16)17-11-15(9-10-19(17)26-2)14-7-5-4-6-8-14/h4-11,16,18H,3,12-13H2,1-2H3/t16-,18-/m0/s1. The summed E-state index contributed by atoms with van der Waals surface area (Å²) in [6, 6.07) is 14.9. The van der Waals surface area contributed by atoms with Gasteiger partial charge in [0, 0.05) is 6.54 Å². The molecule has 0 N–H and O–H groups in total. The van der Waals surface area contributed by atoms with E-state index in [1.165, 1.54) is 4.31 Å². The fraction of sp³-hybridized carbons (Fsp3) is 0.350. The summed E-state index contributed by atoms with van der Waals surface area (Å²) in [5.74, 6) is 0.448. The Bertz CT molecular complexity index is 975. The molecule has 2 atom stereocenters. The van der Waals surface area contributed by atoms with E-state index in [0.717, 1.165) is 11.1 Å². The van der Waals surface area contributed by atoms with Gasteiger partial charge in [-0.2, -0.15) is 4.31 Å². The van der Waals surface area contributed by atoms with E-state index in [9.17, 15) is 13.2 Å². The molecule has 2 aromatic rings. The third kappa shape index (κ3) is 2.91. The Hall–Kier alpha value is -2.38. The molecule has 2 bridgehead atoms. The number of hydrogen-bond acceptors (Lipinski definition) is 4. The molecular formula is C20H22N2O4S. The molecule has 2 saturated heterocycles. The summed E-state index contributed by atoms with van der Waals surface area (Å²) in [5, 5.41) is 0. The van der Waals surface area contributed by atoms with Crippen LogP contribution in [-0.4, -0.2) is 50.1 Å². The number of rotatable bonds is 5. The van der Waals surface area contributed by atoms with Gasteiger partial charge in [-0.05, 0) is 36.6 Å². The summed E-state index contributed by atoms with van der Waals surface area (Å²) in [7, 11) is -1.80. The van der Waals surface area contributed by atoms with E-state index >= 15 is 0 Å². The van der Waals surface area contributed by atoms with Gasteiger partial charge < -0.3 is 9.64 Å². The van der Waals surface area contributed by atoms with Gasteiger partial charge in [-0.25, -0.2) is 8.42 Å². The molecule has 142 valence electrons. The number of carbonyl (C=O) groups is 1. The van der Waals surface area contributed by atoms with E-state index in [1.54, 1.807) is 18.9 Å². The lowest BCUT2D eigenvalue weighted by atomic mass is 10.0. The van der Waals surface area contributed by atoms with Crippen LogP contribution in [0.1, 0.15) is 13.3 Å². The molecule has 2 aliphatic rings. The maximum absolute atomic E-state index is 13.0. The number of benzene rings is 2. The van der Waals surface area contributed by atoms with Gasteiger partial charge in [-0.1, -0.05) is 36.4 Å². The second-order valence-electron chi connectivity index (χ2n) is 6.84. The van der Waals surface area contributed by atoms with E-state index in [2.05, 4.69) is 0 Å². The van der Waals surface area contributed by atoms with Crippen LogP contribution in [0, 0.1) is 0 Å². The molecular weight excluding hydrogens is 364 g/mol. The largest absolute Gasteiger partial charge is 0.495 e. The van der Waals surface area contributed by atoms with Crippen molar-refractivity contribution in [2.75, 3.05) is 24.3 Å². The fourth-order valence-corrected chi connectivity index (χ4v) is 5.31. The lowest BCUT2D eigenvalue weighted by Gasteiger charge is -2.33. The zero-order valence-electron chi connectivity index (χ0n) is 15.3. The number of methoxy groups -OCH3 is 1. The molecule has 0 aliphatic carbocycles. The van der Waals surface area contributed by atoms with Crippen LogP contribution in [0.4, 0.5) is 5.69 Å². The molecule has 4 rings (SSSR count). The monoisotopic (exact) mass is 386 g/mol.